The number of halogens is 1. The first kappa shape index (κ1) is 24.6. The van der Waals surface area contributed by atoms with Gasteiger partial charge in [0.05, 0.1) is 17.3 Å². The van der Waals surface area contributed by atoms with Crippen LogP contribution < -0.4 is 10.0 Å². The maximum Gasteiger partial charge on any atom is 0.240 e. The molecular formula is C20H31IN6O2S. The number of rotatable bonds is 6. The predicted molar refractivity (Wildman–Crippen MR) is 130 cm³/mol. The molecule has 30 heavy (non-hydrogen) atoms. The normalized spacial score (nSPS) is 20.0. The molecule has 1 saturated heterocycles. The molecule has 10 heteroatoms. The Morgan fingerprint density at radius 2 is 2.00 bits per heavy atom. The number of aliphatic imine (C=N–C) groups is 1. The SMILES string of the molecule is CN=C(NCCNS(=O)(=O)c1ccc(C)cc1)N1CCC(C)C(n2ccnc2)C1.I. The number of sulfonamides is 1. The standard InChI is InChI=1S/C20H30N6O2S.HI/c1-16-4-6-18(7-5-16)29(27,28)24-10-9-23-20(21-3)25-12-8-17(2)19(14-25)26-13-11-22-15-26;/h4-7,11,13,15,17,19,24H,8-10,12,14H2,1-3H3,(H,21,23);1H. The summed E-state index contributed by atoms with van der Waals surface area (Å²) < 4.78 is 29.6. The molecule has 1 aliphatic heterocycles. The molecule has 2 aromatic rings. The second kappa shape index (κ2) is 11.1. The molecule has 0 saturated carbocycles. The molecule has 8 nitrogen and oxygen atoms in total. The van der Waals surface area contributed by atoms with Gasteiger partial charge in [0.25, 0.3) is 0 Å². The van der Waals surface area contributed by atoms with Gasteiger partial charge in [-0.1, -0.05) is 24.6 Å². The van der Waals surface area contributed by atoms with Crippen molar-refractivity contribution in [3.63, 3.8) is 0 Å². The van der Waals surface area contributed by atoms with E-state index in [0.29, 0.717) is 18.5 Å². The molecule has 1 fully saturated rings. The predicted octanol–water partition coefficient (Wildman–Crippen LogP) is 2.25. The molecule has 1 aliphatic rings. The van der Waals surface area contributed by atoms with Crippen LogP contribution in [0, 0.1) is 12.8 Å². The smallest absolute Gasteiger partial charge is 0.240 e. The summed E-state index contributed by atoms with van der Waals surface area (Å²) in [5.74, 6) is 1.34. The molecule has 1 aromatic heterocycles. The van der Waals surface area contributed by atoms with E-state index in [1.807, 2.05) is 19.4 Å². The van der Waals surface area contributed by atoms with Gasteiger partial charge in [0.15, 0.2) is 5.96 Å². The fourth-order valence-electron chi connectivity index (χ4n) is 3.59. The molecule has 2 atom stereocenters. The quantitative estimate of drug-likeness (QED) is 0.251. The molecule has 2 N–H and O–H groups in total. The van der Waals surface area contributed by atoms with Gasteiger partial charge in [-0.2, -0.15) is 0 Å². The molecule has 3 rings (SSSR count). The Labute approximate surface area is 196 Å². The van der Waals surface area contributed by atoms with Crippen molar-refractivity contribution in [1.29, 1.82) is 0 Å². The zero-order valence-electron chi connectivity index (χ0n) is 17.7. The average molecular weight is 546 g/mol. The number of nitrogens with zero attached hydrogens (tertiary/aromatic N) is 4. The first-order chi connectivity index (χ1) is 13.9. The van der Waals surface area contributed by atoms with E-state index < -0.39 is 10.0 Å². The summed E-state index contributed by atoms with van der Waals surface area (Å²) in [7, 11) is -1.75. The van der Waals surface area contributed by atoms with Crippen LogP contribution in [-0.2, 0) is 10.0 Å². The number of aryl methyl sites for hydroxylation is 1. The van der Waals surface area contributed by atoms with Gasteiger partial charge < -0.3 is 14.8 Å². The minimum Gasteiger partial charge on any atom is -0.355 e. The number of hydrogen-bond acceptors (Lipinski definition) is 4. The molecule has 1 aromatic carbocycles. The Bertz CT molecular complexity index is 915. The summed E-state index contributed by atoms with van der Waals surface area (Å²) in [4.78, 5) is 11.1. The summed E-state index contributed by atoms with van der Waals surface area (Å²) >= 11 is 0. The topological polar surface area (TPSA) is 91.6 Å². The highest BCUT2D eigenvalue weighted by Crippen LogP contribution is 2.27. The van der Waals surface area contributed by atoms with Crippen molar-refractivity contribution in [3.05, 3.63) is 48.5 Å². The van der Waals surface area contributed by atoms with Gasteiger partial charge in [0.1, 0.15) is 0 Å². The number of benzene rings is 1. The van der Waals surface area contributed by atoms with Crippen LogP contribution in [0.2, 0.25) is 0 Å². The number of guanidine groups is 1. The van der Waals surface area contributed by atoms with Crippen molar-refractivity contribution < 1.29 is 8.42 Å². The van der Waals surface area contributed by atoms with Crippen molar-refractivity contribution in [2.75, 3.05) is 33.2 Å². The average Bonchev–Trinajstić information content (AvgIpc) is 3.24. The molecule has 2 unspecified atom stereocenters. The van der Waals surface area contributed by atoms with Crippen LogP contribution in [0.1, 0.15) is 24.9 Å². The van der Waals surface area contributed by atoms with E-state index in [1.54, 1.807) is 37.5 Å². The number of likely N-dealkylation sites (tertiary alicyclic amines) is 1. The van der Waals surface area contributed by atoms with E-state index in [0.717, 1.165) is 31.0 Å². The summed E-state index contributed by atoms with van der Waals surface area (Å²) in [6.07, 6.45) is 6.73. The van der Waals surface area contributed by atoms with Gasteiger partial charge >= 0.3 is 0 Å². The van der Waals surface area contributed by atoms with E-state index in [2.05, 4.69) is 36.4 Å². The van der Waals surface area contributed by atoms with Crippen LogP contribution in [0.3, 0.4) is 0 Å². The fraction of sp³-hybridized carbons (Fsp3) is 0.500. The van der Waals surface area contributed by atoms with Gasteiger partial charge in [0, 0.05) is 45.6 Å². The highest BCUT2D eigenvalue weighted by Gasteiger charge is 2.28. The first-order valence-corrected chi connectivity index (χ1v) is 11.4. The molecule has 166 valence electrons. The van der Waals surface area contributed by atoms with Crippen LogP contribution in [0.15, 0.2) is 52.9 Å². The van der Waals surface area contributed by atoms with E-state index >= 15 is 0 Å². The molecule has 0 bridgehead atoms. The number of nitrogens with one attached hydrogen (secondary N) is 2. The molecule has 2 heterocycles. The van der Waals surface area contributed by atoms with Gasteiger partial charge in [-0.15, -0.1) is 24.0 Å². The summed E-state index contributed by atoms with van der Waals surface area (Å²) in [6, 6.07) is 7.17. The highest BCUT2D eigenvalue weighted by atomic mass is 127. The Kier molecular flexibility index (Phi) is 9.10. The van der Waals surface area contributed by atoms with Crippen molar-refractivity contribution in [1.82, 2.24) is 24.5 Å². The number of piperidine rings is 1. The van der Waals surface area contributed by atoms with E-state index in [9.17, 15) is 8.42 Å². The zero-order chi connectivity index (χ0) is 20.9. The van der Waals surface area contributed by atoms with Crippen molar-refractivity contribution >= 4 is 40.0 Å². The maximum atomic E-state index is 12.4. The third-order valence-electron chi connectivity index (χ3n) is 5.37. The molecular weight excluding hydrogens is 515 g/mol. The van der Waals surface area contributed by atoms with Crippen LogP contribution >= 0.6 is 24.0 Å². The Balaban J connectivity index is 0.00000320. The lowest BCUT2D eigenvalue weighted by Crippen LogP contribution is -2.50. The van der Waals surface area contributed by atoms with Crippen LogP contribution in [-0.4, -0.2) is 62.1 Å². The minimum atomic E-state index is -3.51. The summed E-state index contributed by atoms with van der Waals surface area (Å²) in [6.45, 7) is 6.69. The van der Waals surface area contributed by atoms with E-state index in [-0.39, 0.29) is 35.4 Å². The van der Waals surface area contributed by atoms with Crippen LogP contribution in [0.5, 0.6) is 0 Å². The van der Waals surface area contributed by atoms with Crippen molar-refractivity contribution in [3.8, 4) is 0 Å². The number of aromatic nitrogens is 2. The Hall–Kier alpha value is -1.66. The molecule has 0 spiro atoms. The van der Waals surface area contributed by atoms with Gasteiger partial charge in [0.2, 0.25) is 10.0 Å². The lowest BCUT2D eigenvalue weighted by Gasteiger charge is -2.39. The summed E-state index contributed by atoms with van der Waals surface area (Å²) in [5, 5.41) is 3.28. The largest absolute Gasteiger partial charge is 0.355 e. The highest BCUT2D eigenvalue weighted by molar-refractivity contribution is 14.0. The van der Waals surface area contributed by atoms with Gasteiger partial charge in [-0.25, -0.2) is 18.1 Å². The minimum absolute atomic E-state index is 0. The lowest BCUT2D eigenvalue weighted by molar-refractivity contribution is 0.189. The number of imidazole rings is 1. The second-order valence-corrected chi connectivity index (χ2v) is 9.24. The van der Waals surface area contributed by atoms with Crippen molar-refractivity contribution in [2.24, 2.45) is 10.9 Å². The van der Waals surface area contributed by atoms with Crippen molar-refractivity contribution in [2.45, 2.75) is 31.2 Å². The van der Waals surface area contributed by atoms with E-state index in [4.69, 9.17) is 0 Å². The zero-order valence-corrected chi connectivity index (χ0v) is 20.8. The van der Waals surface area contributed by atoms with Gasteiger partial charge in [-0.3, -0.25) is 4.99 Å². The summed E-state index contributed by atoms with van der Waals surface area (Å²) in [5.41, 5.74) is 1.03. The fourth-order valence-corrected chi connectivity index (χ4v) is 4.62. The van der Waals surface area contributed by atoms with Crippen LogP contribution in [0.4, 0.5) is 0 Å². The lowest BCUT2D eigenvalue weighted by atomic mass is 9.93. The Morgan fingerprint density at radius 1 is 1.27 bits per heavy atom. The van der Waals surface area contributed by atoms with Crippen LogP contribution in [0.25, 0.3) is 0 Å². The van der Waals surface area contributed by atoms with E-state index in [1.165, 1.54) is 0 Å². The third kappa shape index (κ3) is 6.17. The first-order valence-electron chi connectivity index (χ1n) is 9.90. The second-order valence-electron chi connectivity index (χ2n) is 7.47. The molecule has 0 amide bonds. The maximum absolute atomic E-state index is 12.4. The Morgan fingerprint density at radius 3 is 2.63 bits per heavy atom. The molecule has 0 radical (unpaired) electrons. The monoisotopic (exact) mass is 546 g/mol. The van der Waals surface area contributed by atoms with Gasteiger partial charge in [-0.05, 0) is 31.4 Å². The number of hydrogen-bond donors (Lipinski definition) is 2. The molecule has 0 aliphatic carbocycles. The third-order valence-corrected chi connectivity index (χ3v) is 6.85.